The minimum Gasteiger partial charge on any atom is -0.368 e. The van der Waals surface area contributed by atoms with Crippen molar-refractivity contribution in [1.29, 1.82) is 0 Å². The molecule has 2 aromatic rings. The zero-order chi connectivity index (χ0) is 21.0. The predicted molar refractivity (Wildman–Crippen MR) is 115 cm³/mol. The molecule has 1 heterocycles. The summed E-state index contributed by atoms with van der Waals surface area (Å²) in [6.07, 6.45) is 0. The molecule has 8 heteroatoms. The number of urea groups is 1. The first kappa shape index (κ1) is 20.7. The Morgan fingerprint density at radius 1 is 0.897 bits per heavy atom. The fourth-order valence-corrected chi connectivity index (χ4v) is 3.39. The van der Waals surface area contributed by atoms with Crippen molar-refractivity contribution in [2.75, 3.05) is 41.7 Å². The minimum atomic E-state index is -0.217. The van der Waals surface area contributed by atoms with E-state index < -0.39 is 0 Å². The molecule has 3 amide bonds. The zero-order valence-corrected chi connectivity index (χ0v) is 17.1. The van der Waals surface area contributed by atoms with Crippen LogP contribution < -0.4 is 15.5 Å². The van der Waals surface area contributed by atoms with Crippen molar-refractivity contribution in [3.05, 3.63) is 53.1 Å². The molecule has 0 bridgehead atoms. The first-order valence-electron chi connectivity index (χ1n) is 9.32. The van der Waals surface area contributed by atoms with Crippen LogP contribution in [0.15, 0.2) is 42.5 Å². The summed E-state index contributed by atoms with van der Waals surface area (Å²) in [5.41, 5.74) is 2.79. The topological polar surface area (TPSA) is 81.8 Å². The number of carbonyl (C=O) groups is 3. The fourth-order valence-electron chi connectivity index (χ4n) is 3.17. The van der Waals surface area contributed by atoms with Gasteiger partial charge in [0.05, 0.1) is 10.7 Å². The second kappa shape index (κ2) is 8.96. The summed E-state index contributed by atoms with van der Waals surface area (Å²) in [6.45, 7) is 5.50. The lowest BCUT2D eigenvalue weighted by Crippen LogP contribution is -2.50. The lowest BCUT2D eigenvalue weighted by Gasteiger charge is -2.36. The maximum Gasteiger partial charge on any atom is 0.322 e. The number of nitrogens with zero attached hydrogens (tertiary/aromatic N) is 2. The van der Waals surface area contributed by atoms with E-state index in [9.17, 15) is 14.4 Å². The third kappa shape index (κ3) is 5.26. The highest BCUT2D eigenvalue weighted by Crippen LogP contribution is 2.26. The summed E-state index contributed by atoms with van der Waals surface area (Å²) in [4.78, 5) is 39.0. The van der Waals surface area contributed by atoms with E-state index in [1.807, 2.05) is 24.3 Å². The van der Waals surface area contributed by atoms with Crippen molar-refractivity contribution < 1.29 is 14.4 Å². The van der Waals surface area contributed by atoms with Crippen LogP contribution in [0.3, 0.4) is 0 Å². The summed E-state index contributed by atoms with van der Waals surface area (Å²) < 4.78 is 0. The van der Waals surface area contributed by atoms with Crippen LogP contribution in [0.4, 0.5) is 21.9 Å². The zero-order valence-electron chi connectivity index (χ0n) is 16.4. The van der Waals surface area contributed by atoms with E-state index in [4.69, 9.17) is 11.6 Å². The molecule has 3 rings (SSSR count). The second-order valence-corrected chi connectivity index (χ2v) is 7.29. The molecule has 0 aromatic heterocycles. The van der Waals surface area contributed by atoms with E-state index >= 15 is 0 Å². The third-order valence-electron chi connectivity index (χ3n) is 4.74. The number of ketones is 1. The predicted octanol–water partition coefficient (Wildman–Crippen LogP) is 3.86. The van der Waals surface area contributed by atoms with E-state index in [2.05, 4.69) is 15.5 Å². The number of hydrogen-bond acceptors (Lipinski definition) is 4. The van der Waals surface area contributed by atoms with Crippen molar-refractivity contribution in [3.8, 4) is 0 Å². The van der Waals surface area contributed by atoms with Crippen molar-refractivity contribution in [3.63, 3.8) is 0 Å². The van der Waals surface area contributed by atoms with Gasteiger partial charge in [0.2, 0.25) is 5.91 Å². The molecule has 0 saturated carbocycles. The van der Waals surface area contributed by atoms with Crippen molar-refractivity contribution in [2.24, 2.45) is 0 Å². The van der Waals surface area contributed by atoms with Crippen LogP contribution in [-0.2, 0) is 4.79 Å². The van der Waals surface area contributed by atoms with E-state index in [0.29, 0.717) is 48.1 Å². The Morgan fingerprint density at radius 3 is 2.10 bits per heavy atom. The van der Waals surface area contributed by atoms with Crippen LogP contribution in [-0.4, -0.2) is 48.8 Å². The van der Waals surface area contributed by atoms with Crippen LogP contribution in [0.1, 0.15) is 24.2 Å². The molecular formula is C21H23ClN4O3. The Balaban J connectivity index is 1.56. The molecule has 0 atom stereocenters. The SMILES string of the molecule is CC(=O)Nc1ccc(NC(=O)N2CCN(c3ccc(C(C)=O)cc3)CC2)c(Cl)c1. The molecule has 2 aromatic carbocycles. The van der Waals surface area contributed by atoms with Crippen molar-refractivity contribution in [2.45, 2.75) is 13.8 Å². The maximum absolute atomic E-state index is 12.6. The van der Waals surface area contributed by atoms with Gasteiger partial charge < -0.3 is 20.4 Å². The average Bonchev–Trinajstić information content (AvgIpc) is 2.70. The Kier molecular flexibility index (Phi) is 6.39. The highest BCUT2D eigenvalue weighted by molar-refractivity contribution is 6.34. The van der Waals surface area contributed by atoms with Gasteiger partial charge in [-0.3, -0.25) is 9.59 Å². The molecule has 0 unspecified atom stereocenters. The number of benzene rings is 2. The smallest absolute Gasteiger partial charge is 0.322 e. The van der Waals surface area contributed by atoms with Gasteiger partial charge in [-0.15, -0.1) is 0 Å². The van der Waals surface area contributed by atoms with Crippen LogP contribution >= 0.6 is 11.6 Å². The summed E-state index contributed by atoms with van der Waals surface area (Å²) in [5.74, 6) is -0.145. The molecule has 1 fully saturated rings. The van der Waals surface area contributed by atoms with Gasteiger partial charge in [0.1, 0.15) is 0 Å². The molecule has 0 radical (unpaired) electrons. The molecule has 1 aliphatic rings. The van der Waals surface area contributed by atoms with Gasteiger partial charge in [0.15, 0.2) is 5.78 Å². The summed E-state index contributed by atoms with van der Waals surface area (Å²) in [6, 6.07) is 12.2. The Morgan fingerprint density at radius 2 is 1.55 bits per heavy atom. The lowest BCUT2D eigenvalue weighted by atomic mass is 10.1. The van der Waals surface area contributed by atoms with Crippen LogP contribution in [0.5, 0.6) is 0 Å². The molecule has 1 saturated heterocycles. The third-order valence-corrected chi connectivity index (χ3v) is 5.05. The number of piperazine rings is 1. The van der Waals surface area contributed by atoms with E-state index in [1.54, 1.807) is 30.0 Å². The van der Waals surface area contributed by atoms with Gasteiger partial charge in [-0.2, -0.15) is 0 Å². The fraction of sp³-hybridized carbons (Fsp3) is 0.286. The summed E-state index contributed by atoms with van der Waals surface area (Å²) in [7, 11) is 0. The minimum absolute atomic E-state index is 0.0433. The number of nitrogens with one attached hydrogen (secondary N) is 2. The van der Waals surface area contributed by atoms with Gasteiger partial charge in [-0.05, 0) is 49.4 Å². The number of carbonyl (C=O) groups excluding carboxylic acids is 3. The molecule has 7 nitrogen and oxygen atoms in total. The number of rotatable bonds is 4. The van der Waals surface area contributed by atoms with Gasteiger partial charge >= 0.3 is 6.03 Å². The first-order valence-corrected chi connectivity index (χ1v) is 9.70. The first-order chi connectivity index (χ1) is 13.8. The number of hydrogen-bond donors (Lipinski definition) is 2. The quantitative estimate of drug-likeness (QED) is 0.744. The van der Waals surface area contributed by atoms with Gasteiger partial charge in [0.25, 0.3) is 0 Å². The largest absolute Gasteiger partial charge is 0.368 e. The monoisotopic (exact) mass is 414 g/mol. The molecule has 29 heavy (non-hydrogen) atoms. The van der Waals surface area contributed by atoms with Crippen molar-refractivity contribution in [1.82, 2.24) is 4.90 Å². The van der Waals surface area contributed by atoms with Gasteiger partial charge in [0, 0.05) is 50.0 Å². The van der Waals surface area contributed by atoms with Crippen LogP contribution in [0.25, 0.3) is 0 Å². The number of Topliss-reactive ketones (excluding diaryl/α,β-unsaturated/α-hetero) is 1. The highest BCUT2D eigenvalue weighted by atomic mass is 35.5. The molecule has 152 valence electrons. The molecule has 0 aliphatic carbocycles. The van der Waals surface area contributed by atoms with Crippen molar-refractivity contribution >= 4 is 46.4 Å². The average molecular weight is 415 g/mol. The van der Waals surface area contributed by atoms with Gasteiger partial charge in [-0.25, -0.2) is 4.79 Å². The Hall–Kier alpha value is -3.06. The normalized spacial score (nSPS) is 13.8. The van der Waals surface area contributed by atoms with E-state index in [0.717, 1.165) is 5.69 Å². The number of amides is 3. The lowest BCUT2D eigenvalue weighted by molar-refractivity contribution is -0.114. The molecular weight excluding hydrogens is 392 g/mol. The Bertz CT molecular complexity index is 922. The molecule has 1 aliphatic heterocycles. The second-order valence-electron chi connectivity index (χ2n) is 6.88. The highest BCUT2D eigenvalue weighted by Gasteiger charge is 2.22. The standard InChI is InChI=1S/C21H23ClN4O3/c1-14(27)16-3-6-18(7-4-16)25-9-11-26(12-10-25)21(29)24-20-8-5-17(13-19(20)22)23-15(2)28/h3-8,13H,9-12H2,1-2H3,(H,23,28)(H,24,29). The van der Waals surface area contributed by atoms with Gasteiger partial charge in [-0.1, -0.05) is 11.6 Å². The molecule has 2 N–H and O–H groups in total. The number of anilines is 3. The molecule has 0 spiro atoms. The van der Waals surface area contributed by atoms with Crippen LogP contribution in [0, 0.1) is 0 Å². The van der Waals surface area contributed by atoms with E-state index in [-0.39, 0.29) is 17.7 Å². The summed E-state index contributed by atoms with van der Waals surface area (Å²) in [5, 5.41) is 5.83. The van der Waals surface area contributed by atoms with Crippen LogP contribution in [0.2, 0.25) is 5.02 Å². The Labute approximate surface area is 174 Å². The van der Waals surface area contributed by atoms with E-state index in [1.165, 1.54) is 6.92 Å². The summed E-state index contributed by atoms with van der Waals surface area (Å²) >= 11 is 6.22. The number of halogens is 1. The maximum atomic E-state index is 12.6.